The first-order valence-electron chi connectivity index (χ1n) is 9.56. The Bertz CT molecular complexity index is 716. The average Bonchev–Trinajstić information content (AvgIpc) is 2.66. The van der Waals surface area contributed by atoms with Crippen molar-refractivity contribution >= 4 is 27.5 Å². The average molecular weight is 434 g/mol. The van der Waals surface area contributed by atoms with E-state index in [0.29, 0.717) is 5.75 Å². The Morgan fingerprint density at radius 3 is 2.44 bits per heavy atom. The second-order valence-corrected chi connectivity index (χ2v) is 7.29. The second kappa shape index (κ2) is 11.7. The van der Waals surface area contributed by atoms with E-state index < -0.39 is 0 Å². The predicted octanol–water partition coefficient (Wildman–Crippen LogP) is 5.99. The summed E-state index contributed by atoms with van der Waals surface area (Å²) in [6.45, 7) is 5.00. The van der Waals surface area contributed by atoms with Crippen LogP contribution in [0.25, 0.3) is 0 Å². The molecule has 2 aromatic rings. The van der Waals surface area contributed by atoms with E-state index in [-0.39, 0.29) is 12.5 Å². The van der Waals surface area contributed by atoms with Crippen LogP contribution in [0.1, 0.15) is 45.1 Å². The van der Waals surface area contributed by atoms with Crippen molar-refractivity contribution in [1.29, 1.82) is 0 Å². The molecule has 1 N–H and O–H groups in total. The van der Waals surface area contributed by atoms with Gasteiger partial charge in [-0.3, -0.25) is 4.79 Å². The third kappa shape index (κ3) is 7.63. The molecule has 0 saturated heterocycles. The molecule has 0 fully saturated rings. The molecule has 0 aromatic heterocycles. The molecule has 1 amide bonds. The Kier molecular flexibility index (Phi) is 9.19. The summed E-state index contributed by atoms with van der Waals surface area (Å²) < 4.78 is 12.2. The number of nitrogens with one attached hydrogen (secondary N) is 1. The van der Waals surface area contributed by atoms with Crippen molar-refractivity contribution in [2.45, 2.75) is 46.0 Å². The Hall–Kier alpha value is -2.01. The maximum atomic E-state index is 12.1. The molecule has 0 atom stereocenters. The lowest BCUT2D eigenvalue weighted by molar-refractivity contribution is -0.118. The van der Waals surface area contributed by atoms with Crippen molar-refractivity contribution in [3.63, 3.8) is 0 Å². The van der Waals surface area contributed by atoms with Crippen molar-refractivity contribution < 1.29 is 14.3 Å². The molecule has 0 heterocycles. The highest BCUT2D eigenvalue weighted by atomic mass is 79.9. The minimum absolute atomic E-state index is 0.0407. The van der Waals surface area contributed by atoms with Crippen molar-refractivity contribution in [1.82, 2.24) is 0 Å². The first-order chi connectivity index (χ1) is 13.1. The fourth-order valence-corrected chi connectivity index (χ4v) is 3.16. The topological polar surface area (TPSA) is 47.6 Å². The van der Waals surface area contributed by atoms with Crippen molar-refractivity contribution in [3.8, 4) is 11.5 Å². The minimum Gasteiger partial charge on any atom is -0.494 e. The smallest absolute Gasteiger partial charge is 0.262 e. The maximum absolute atomic E-state index is 12.1. The number of hydrogen-bond acceptors (Lipinski definition) is 3. The van der Waals surface area contributed by atoms with Crippen molar-refractivity contribution in [3.05, 3.63) is 52.5 Å². The monoisotopic (exact) mass is 433 g/mol. The number of rotatable bonds is 11. The maximum Gasteiger partial charge on any atom is 0.262 e. The lowest BCUT2D eigenvalue weighted by atomic mass is 10.1. The number of aryl methyl sites for hydroxylation is 1. The van der Waals surface area contributed by atoms with Gasteiger partial charge in [0.1, 0.15) is 11.5 Å². The second-order valence-electron chi connectivity index (χ2n) is 6.43. The number of halogens is 1. The molecule has 0 aliphatic rings. The molecular weight excluding hydrogens is 406 g/mol. The molecule has 0 saturated carbocycles. The van der Waals surface area contributed by atoms with E-state index in [4.69, 9.17) is 9.47 Å². The Morgan fingerprint density at radius 2 is 1.78 bits per heavy atom. The van der Waals surface area contributed by atoms with E-state index in [1.165, 1.54) is 18.4 Å². The molecular formula is C22H28BrNO3. The summed E-state index contributed by atoms with van der Waals surface area (Å²) in [5.41, 5.74) is 1.97. The zero-order chi connectivity index (χ0) is 19.5. The highest BCUT2D eigenvalue weighted by Gasteiger charge is 2.07. The molecule has 0 bridgehead atoms. The molecule has 2 aromatic carbocycles. The number of amides is 1. The number of unbranched alkanes of at least 4 members (excludes halogenated alkanes) is 2. The van der Waals surface area contributed by atoms with Crippen LogP contribution in [0.3, 0.4) is 0 Å². The number of benzene rings is 2. The lowest BCUT2D eigenvalue weighted by Crippen LogP contribution is -2.20. The number of hydrogen-bond donors (Lipinski definition) is 1. The van der Waals surface area contributed by atoms with Gasteiger partial charge in [0, 0.05) is 5.69 Å². The Labute approximate surface area is 170 Å². The number of anilines is 1. The van der Waals surface area contributed by atoms with Gasteiger partial charge in [0.05, 0.1) is 11.1 Å². The van der Waals surface area contributed by atoms with E-state index in [2.05, 4.69) is 35.1 Å². The Morgan fingerprint density at radius 1 is 1.00 bits per heavy atom. The zero-order valence-electron chi connectivity index (χ0n) is 16.1. The largest absolute Gasteiger partial charge is 0.494 e. The minimum atomic E-state index is -0.198. The molecule has 5 heteroatoms. The summed E-state index contributed by atoms with van der Waals surface area (Å²) in [7, 11) is 0. The molecule has 0 aliphatic carbocycles. The van der Waals surface area contributed by atoms with E-state index >= 15 is 0 Å². The normalized spacial score (nSPS) is 10.5. The highest BCUT2D eigenvalue weighted by Crippen LogP contribution is 2.26. The van der Waals surface area contributed by atoms with Gasteiger partial charge in [0.2, 0.25) is 0 Å². The quantitative estimate of drug-likeness (QED) is 0.442. The first kappa shape index (κ1) is 21.3. The van der Waals surface area contributed by atoms with Gasteiger partial charge in [0.25, 0.3) is 5.91 Å². The summed E-state index contributed by atoms with van der Waals surface area (Å²) >= 11 is 3.50. The van der Waals surface area contributed by atoms with E-state index in [1.54, 1.807) is 0 Å². The van der Waals surface area contributed by atoms with Crippen LogP contribution in [0.15, 0.2) is 46.9 Å². The molecule has 0 spiro atoms. The number of ether oxygens (including phenoxy) is 2. The van der Waals surface area contributed by atoms with Gasteiger partial charge in [-0.25, -0.2) is 0 Å². The molecule has 146 valence electrons. The van der Waals surface area contributed by atoms with Crippen molar-refractivity contribution in [2.75, 3.05) is 18.5 Å². The molecule has 0 unspecified atom stereocenters. The van der Waals surface area contributed by atoms with Crippen LogP contribution >= 0.6 is 15.9 Å². The van der Waals surface area contributed by atoms with Crippen LogP contribution in [-0.4, -0.2) is 19.1 Å². The van der Waals surface area contributed by atoms with Gasteiger partial charge in [-0.05, 0) is 70.7 Å². The standard InChI is InChI=1S/C22H28BrNO3/c1-3-5-6-14-26-19-11-9-18(10-12-19)24-22(25)16-27-21-13-8-17(7-4-2)15-20(21)23/h8-13,15H,3-7,14,16H2,1-2H3,(H,24,25). The van der Waals surface area contributed by atoms with Crippen LogP contribution in [0, 0.1) is 0 Å². The van der Waals surface area contributed by atoms with Crippen LogP contribution in [-0.2, 0) is 11.2 Å². The van der Waals surface area contributed by atoms with E-state index in [1.807, 2.05) is 42.5 Å². The Balaban J connectivity index is 1.78. The fraction of sp³-hybridized carbons (Fsp3) is 0.409. The SMILES string of the molecule is CCCCCOc1ccc(NC(=O)COc2ccc(CCC)cc2Br)cc1. The van der Waals surface area contributed by atoms with Crippen molar-refractivity contribution in [2.24, 2.45) is 0 Å². The summed E-state index contributed by atoms with van der Waals surface area (Å²) in [5, 5.41) is 2.83. The van der Waals surface area contributed by atoms with Gasteiger partial charge in [-0.15, -0.1) is 0 Å². The molecule has 0 radical (unpaired) electrons. The van der Waals surface area contributed by atoms with Gasteiger partial charge < -0.3 is 14.8 Å². The van der Waals surface area contributed by atoms with Gasteiger partial charge >= 0.3 is 0 Å². The van der Waals surface area contributed by atoms with Crippen LogP contribution in [0.5, 0.6) is 11.5 Å². The summed E-state index contributed by atoms with van der Waals surface area (Å²) in [6.07, 6.45) is 5.53. The predicted molar refractivity (Wildman–Crippen MR) is 114 cm³/mol. The van der Waals surface area contributed by atoms with Crippen LogP contribution < -0.4 is 14.8 Å². The first-order valence-corrected chi connectivity index (χ1v) is 10.4. The number of carbonyl (C=O) groups is 1. The van der Waals surface area contributed by atoms with E-state index in [0.717, 1.165) is 41.8 Å². The summed E-state index contributed by atoms with van der Waals surface area (Å²) in [6, 6.07) is 13.4. The molecule has 27 heavy (non-hydrogen) atoms. The summed E-state index contributed by atoms with van der Waals surface area (Å²) in [5.74, 6) is 1.29. The van der Waals surface area contributed by atoms with Gasteiger partial charge in [-0.1, -0.05) is 39.2 Å². The number of carbonyl (C=O) groups excluding carboxylic acids is 1. The third-order valence-electron chi connectivity index (χ3n) is 4.05. The lowest BCUT2D eigenvalue weighted by Gasteiger charge is -2.11. The molecule has 2 rings (SSSR count). The van der Waals surface area contributed by atoms with E-state index in [9.17, 15) is 4.79 Å². The zero-order valence-corrected chi connectivity index (χ0v) is 17.7. The van der Waals surface area contributed by atoms with Crippen LogP contribution in [0.2, 0.25) is 0 Å². The van der Waals surface area contributed by atoms with Gasteiger partial charge in [0.15, 0.2) is 6.61 Å². The fourth-order valence-electron chi connectivity index (χ4n) is 2.62. The molecule has 4 nitrogen and oxygen atoms in total. The summed E-state index contributed by atoms with van der Waals surface area (Å²) in [4.78, 5) is 12.1. The van der Waals surface area contributed by atoms with Gasteiger partial charge in [-0.2, -0.15) is 0 Å². The van der Waals surface area contributed by atoms with Crippen LogP contribution in [0.4, 0.5) is 5.69 Å². The molecule has 0 aliphatic heterocycles. The highest BCUT2D eigenvalue weighted by molar-refractivity contribution is 9.10. The third-order valence-corrected chi connectivity index (χ3v) is 4.67.